The van der Waals surface area contributed by atoms with E-state index in [2.05, 4.69) is 5.32 Å². The number of furan rings is 1. The van der Waals surface area contributed by atoms with Crippen molar-refractivity contribution in [3.8, 4) is 17.1 Å². The van der Waals surface area contributed by atoms with Gasteiger partial charge in [-0.3, -0.25) is 9.59 Å². The Kier molecular flexibility index (Phi) is 5.34. The van der Waals surface area contributed by atoms with Gasteiger partial charge in [-0.1, -0.05) is 24.3 Å². The molecule has 30 heavy (non-hydrogen) atoms. The number of hydrogen-bond donors (Lipinski definition) is 1. The third kappa shape index (κ3) is 3.82. The minimum absolute atomic E-state index is 0.0818. The van der Waals surface area contributed by atoms with Gasteiger partial charge >= 0.3 is 0 Å². The Morgan fingerprint density at radius 2 is 1.87 bits per heavy atom. The quantitative estimate of drug-likeness (QED) is 0.672. The van der Waals surface area contributed by atoms with Gasteiger partial charge in [-0.25, -0.2) is 4.39 Å². The minimum Gasteiger partial charge on any atom is -0.477 e. The zero-order valence-electron chi connectivity index (χ0n) is 16.2. The predicted molar refractivity (Wildman–Crippen MR) is 110 cm³/mol. The van der Waals surface area contributed by atoms with Crippen LogP contribution in [0, 0.1) is 5.82 Å². The molecule has 152 valence electrons. The fourth-order valence-electron chi connectivity index (χ4n) is 3.23. The van der Waals surface area contributed by atoms with Gasteiger partial charge in [0.05, 0.1) is 17.8 Å². The van der Waals surface area contributed by atoms with Crippen molar-refractivity contribution >= 4 is 23.6 Å². The Morgan fingerprint density at radius 3 is 2.67 bits per heavy atom. The summed E-state index contributed by atoms with van der Waals surface area (Å²) in [6, 6.07) is 16.6. The van der Waals surface area contributed by atoms with Crippen LogP contribution >= 0.6 is 0 Å². The van der Waals surface area contributed by atoms with Gasteiger partial charge in [0.25, 0.3) is 11.8 Å². The van der Waals surface area contributed by atoms with Gasteiger partial charge in [0.2, 0.25) is 0 Å². The molecule has 1 aliphatic rings. The molecule has 0 aliphatic carbocycles. The number of amides is 2. The monoisotopic (exact) mass is 406 g/mol. The Morgan fingerprint density at radius 1 is 1.10 bits per heavy atom. The number of likely N-dealkylation sites (N-methyl/N-ethyl adjacent to an activating group) is 1. The van der Waals surface area contributed by atoms with Crippen molar-refractivity contribution in [3.05, 3.63) is 78.3 Å². The van der Waals surface area contributed by atoms with Gasteiger partial charge in [0.1, 0.15) is 23.1 Å². The van der Waals surface area contributed by atoms with Crippen LogP contribution in [0.15, 0.2) is 71.2 Å². The first-order valence-electron chi connectivity index (χ1n) is 9.38. The number of para-hydroxylation sites is 2. The summed E-state index contributed by atoms with van der Waals surface area (Å²) in [5.74, 6) is 0.209. The van der Waals surface area contributed by atoms with Crippen molar-refractivity contribution in [2.75, 3.05) is 18.5 Å². The number of ether oxygens (including phenoxy) is 1. The van der Waals surface area contributed by atoms with E-state index in [4.69, 9.17) is 9.15 Å². The number of halogens is 1. The molecule has 0 saturated carbocycles. The number of hydrogen-bond acceptors (Lipinski definition) is 4. The maximum absolute atomic E-state index is 13.9. The molecule has 0 fully saturated rings. The summed E-state index contributed by atoms with van der Waals surface area (Å²) in [6.07, 6.45) is 2.06. The summed E-state index contributed by atoms with van der Waals surface area (Å²) in [4.78, 5) is 26.4. The van der Waals surface area contributed by atoms with Crippen molar-refractivity contribution in [2.45, 2.75) is 6.10 Å². The SMILES string of the molecule is CNC(=O)[C@H]1CN(C(=O)/C=C/c2ccc(-c3ccccc3F)o2)c2ccccc2O1. The van der Waals surface area contributed by atoms with Crippen molar-refractivity contribution in [3.63, 3.8) is 0 Å². The van der Waals surface area contributed by atoms with E-state index in [1.807, 2.05) is 0 Å². The van der Waals surface area contributed by atoms with E-state index in [1.54, 1.807) is 54.6 Å². The normalized spacial score (nSPS) is 15.5. The Balaban J connectivity index is 1.55. The standard InChI is InChI=1S/C23H19FN2O4/c1-25-23(28)21-14-26(18-8-4-5-9-20(18)30-21)22(27)13-11-15-10-12-19(29-15)16-6-2-3-7-17(16)24/h2-13,21H,14H2,1H3,(H,25,28)/b13-11+/t21-/m1/s1. The van der Waals surface area contributed by atoms with Gasteiger partial charge in [-0.2, -0.15) is 0 Å². The molecule has 1 atom stereocenters. The number of nitrogens with zero attached hydrogens (tertiary/aromatic N) is 1. The smallest absolute Gasteiger partial charge is 0.262 e. The van der Waals surface area contributed by atoms with Crippen LogP contribution in [-0.2, 0) is 9.59 Å². The second-order valence-electron chi connectivity index (χ2n) is 6.65. The molecule has 0 spiro atoms. The summed E-state index contributed by atoms with van der Waals surface area (Å²) < 4.78 is 25.3. The van der Waals surface area contributed by atoms with Crippen LogP contribution in [0.25, 0.3) is 17.4 Å². The third-order valence-electron chi connectivity index (χ3n) is 4.73. The Bertz CT molecular complexity index is 1120. The van der Waals surface area contributed by atoms with Crippen LogP contribution in [0.2, 0.25) is 0 Å². The number of rotatable bonds is 4. The molecule has 2 aromatic carbocycles. The summed E-state index contributed by atoms with van der Waals surface area (Å²) in [5.41, 5.74) is 0.929. The third-order valence-corrected chi connectivity index (χ3v) is 4.73. The first-order valence-corrected chi connectivity index (χ1v) is 9.38. The fraction of sp³-hybridized carbons (Fsp3) is 0.130. The molecule has 7 heteroatoms. The topological polar surface area (TPSA) is 71.8 Å². The second kappa shape index (κ2) is 8.24. The van der Waals surface area contributed by atoms with Crippen LogP contribution < -0.4 is 15.0 Å². The minimum atomic E-state index is -0.807. The molecule has 1 aromatic heterocycles. The van der Waals surface area contributed by atoms with Crippen molar-refractivity contribution in [2.24, 2.45) is 0 Å². The van der Waals surface area contributed by atoms with Crippen molar-refractivity contribution in [1.82, 2.24) is 5.32 Å². The maximum atomic E-state index is 13.9. The van der Waals surface area contributed by atoms with Crippen LogP contribution in [0.5, 0.6) is 5.75 Å². The molecule has 1 N–H and O–H groups in total. The maximum Gasteiger partial charge on any atom is 0.262 e. The number of anilines is 1. The molecule has 0 unspecified atom stereocenters. The van der Waals surface area contributed by atoms with Gasteiger partial charge in [-0.05, 0) is 42.5 Å². The molecular formula is C23H19FN2O4. The Hall–Kier alpha value is -3.87. The number of carbonyl (C=O) groups is 2. The van der Waals surface area contributed by atoms with E-state index < -0.39 is 6.10 Å². The van der Waals surface area contributed by atoms with E-state index in [1.165, 1.54) is 30.2 Å². The highest BCUT2D eigenvalue weighted by atomic mass is 19.1. The van der Waals surface area contributed by atoms with E-state index >= 15 is 0 Å². The van der Waals surface area contributed by atoms with Gasteiger partial charge < -0.3 is 19.4 Å². The number of carbonyl (C=O) groups excluding carboxylic acids is 2. The van der Waals surface area contributed by atoms with E-state index in [0.717, 1.165) is 0 Å². The Labute approximate surface area is 172 Å². The zero-order valence-corrected chi connectivity index (χ0v) is 16.2. The summed E-state index contributed by atoms with van der Waals surface area (Å²) in [5, 5.41) is 2.54. The molecule has 6 nitrogen and oxygen atoms in total. The summed E-state index contributed by atoms with van der Waals surface area (Å²) in [7, 11) is 1.52. The van der Waals surface area contributed by atoms with Crippen LogP contribution in [0.3, 0.4) is 0 Å². The van der Waals surface area contributed by atoms with Crippen LogP contribution in [0.4, 0.5) is 10.1 Å². The molecule has 3 aromatic rings. The largest absolute Gasteiger partial charge is 0.477 e. The molecule has 4 rings (SSSR count). The van der Waals surface area contributed by atoms with Gasteiger partial charge in [-0.15, -0.1) is 0 Å². The van der Waals surface area contributed by atoms with Gasteiger partial charge in [0.15, 0.2) is 6.10 Å². The average Bonchev–Trinajstić information content (AvgIpc) is 3.25. The van der Waals surface area contributed by atoms with Crippen molar-refractivity contribution in [1.29, 1.82) is 0 Å². The average molecular weight is 406 g/mol. The lowest BCUT2D eigenvalue weighted by molar-refractivity contribution is -0.127. The van der Waals surface area contributed by atoms with E-state index in [-0.39, 0.29) is 24.2 Å². The fourth-order valence-corrected chi connectivity index (χ4v) is 3.23. The van der Waals surface area contributed by atoms with E-state index in [0.29, 0.717) is 28.5 Å². The van der Waals surface area contributed by atoms with Crippen LogP contribution in [0.1, 0.15) is 5.76 Å². The molecule has 2 amide bonds. The molecular weight excluding hydrogens is 387 g/mol. The molecule has 1 aliphatic heterocycles. The summed E-state index contributed by atoms with van der Waals surface area (Å²) in [6.45, 7) is 0.0818. The lowest BCUT2D eigenvalue weighted by Gasteiger charge is -2.33. The van der Waals surface area contributed by atoms with Gasteiger partial charge in [0, 0.05) is 13.1 Å². The predicted octanol–water partition coefficient (Wildman–Crippen LogP) is 3.64. The lowest BCUT2D eigenvalue weighted by Crippen LogP contribution is -2.49. The van der Waals surface area contributed by atoms with E-state index in [9.17, 15) is 14.0 Å². The molecule has 0 radical (unpaired) electrons. The van der Waals surface area contributed by atoms with Crippen LogP contribution in [-0.4, -0.2) is 31.5 Å². The first kappa shape index (κ1) is 19.4. The summed E-state index contributed by atoms with van der Waals surface area (Å²) >= 11 is 0. The highest BCUT2D eigenvalue weighted by molar-refractivity contribution is 6.05. The van der Waals surface area contributed by atoms with Crippen molar-refractivity contribution < 1.29 is 23.1 Å². The first-order chi connectivity index (χ1) is 14.6. The highest BCUT2D eigenvalue weighted by Crippen LogP contribution is 2.33. The lowest BCUT2D eigenvalue weighted by atomic mass is 10.1. The highest BCUT2D eigenvalue weighted by Gasteiger charge is 2.32. The molecule has 0 bridgehead atoms. The molecule has 0 saturated heterocycles. The molecule has 2 heterocycles. The number of nitrogens with one attached hydrogen (secondary N) is 1. The second-order valence-corrected chi connectivity index (χ2v) is 6.65. The number of benzene rings is 2. The number of fused-ring (bicyclic) bond motifs is 1. The zero-order chi connectivity index (χ0) is 21.1.